The number of nitrogens with one attached hydrogen (secondary N) is 1. The van der Waals surface area contributed by atoms with Crippen molar-refractivity contribution in [3.63, 3.8) is 0 Å². The van der Waals surface area contributed by atoms with Gasteiger partial charge in [0.1, 0.15) is 22.6 Å². The third kappa shape index (κ3) is 5.79. The van der Waals surface area contributed by atoms with Gasteiger partial charge in [-0.05, 0) is 12.1 Å². The standard InChI is InChI=1S/C27H26N2O5S/c1-32-21-14-9-15-22(33-2)24(21)34-17-20(30)16-28-26(31)25-23(18-10-5-3-6-11-18)29-27(35-25)19-12-7-4-8-13-19/h3-15,20,30H,16-17H2,1-2H3,(H,28,31). The minimum Gasteiger partial charge on any atom is -0.493 e. The maximum Gasteiger partial charge on any atom is 0.263 e. The van der Waals surface area contributed by atoms with E-state index in [1.54, 1.807) is 18.2 Å². The number of ether oxygens (including phenoxy) is 3. The molecule has 0 aliphatic rings. The monoisotopic (exact) mass is 490 g/mol. The average molecular weight is 491 g/mol. The quantitative estimate of drug-likeness (QED) is 0.336. The summed E-state index contributed by atoms with van der Waals surface area (Å²) in [5.41, 5.74) is 2.40. The van der Waals surface area contributed by atoms with Gasteiger partial charge in [-0.2, -0.15) is 0 Å². The highest BCUT2D eigenvalue weighted by Crippen LogP contribution is 2.37. The predicted octanol–water partition coefficient (Wildman–Crippen LogP) is 4.66. The van der Waals surface area contributed by atoms with E-state index in [0.29, 0.717) is 27.8 Å². The number of carbonyl (C=O) groups excluding carboxylic acids is 1. The second-order valence-electron chi connectivity index (χ2n) is 7.60. The SMILES string of the molecule is COc1cccc(OC)c1OCC(O)CNC(=O)c1sc(-c2ccccc2)nc1-c1ccccc1. The Morgan fingerprint density at radius 2 is 1.51 bits per heavy atom. The lowest BCUT2D eigenvalue weighted by atomic mass is 10.1. The van der Waals surface area contributed by atoms with Gasteiger partial charge >= 0.3 is 0 Å². The summed E-state index contributed by atoms with van der Waals surface area (Å²) in [6.45, 7) is -0.0520. The first-order valence-corrected chi connectivity index (χ1v) is 11.8. The summed E-state index contributed by atoms with van der Waals surface area (Å²) < 4.78 is 16.4. The van der Waals surface area contributed by atoms with E-state index in [4.69, 9.17) is 19.2 Å². The molecule has 180 valence electrons. The van der Waals surface area contributed by atoms with Crippen LogP contribution in [0.2, 0.25) is 0 Å². The van der Waals surface area contributed by atoms with E-state index in [0.717, 1.165) is 16.1 Å². The van der Waals surface area contributed by atoms with Crippen molar-refractivity contribution in [3.8, 4) is 39.1 Å². The fourth-order valence-corrected chi connectivity index (χ4v) is 4.47. The summed E-state index contributed by atoms with van der Waals surface area (Å²) >= 11 is 1.32. The first-order chi connectivity index (χ1) is 17.1. The summed E-state index contributed by atoms with van der Waals surface area (Å²) in [4.78, 5) is 18.4. The van der Waals surface area contributed by atoms with Crippen LogP contribution in [0.1, 0.15) is 9.67 Å². The number of methoxy groups -OCH3 is 2. The Hall–Kier alpha value is -3.88. The van der Waals surface area contributed by atoms with Crippen LogP contribution >= 0.6 is 11.3 Å². The summed E-state index contributed by atoms with van der Waals surface area (Å²) in [5.74, 6) is 1.07. The second kappa shape index (κ2) is 11.5. The molecule has 0 bridgehead atoms. The minimum absolute atomic E-state index is 0.00307. The number of rotatable bonds is 10. The number of aliphatic hydroxyl groups is 1. The molecule has 1 aromatic heterocycles. The molecule has 3 aromatic carbocycles. The van der Waals surface area contributed by atoms with Gasteiger partial charge in [0.25, 0.3) is 5.91 Å². The Morgan fingerprint density at radius 1 is 0.914 bits per heavy atom. The van der Waals surface area contributed by atoms with Crippen LogP contribution in [0.15, 0.2) is 78.9 Å². The molecule has 7 nitrogen and oxygen atoms in total. The minimum atomic E-state index is -0.949. The number of hydrogen-bond acceptors (Lipinski definition) is 7. The van der Waals surface area contributed by atoms with Crippen LogP contribution in [-0.4, -0.2) is 49.5 Å². The number of carbonyl (C=O) groups is 1. The van der Waals surface area contributed by atoms with Crippen molar-refractivity contribution in [1.82, 2.24) is 10.3 Å². The maximum absolute atomic E-state index is 13.1. The second-order valence-corrected chi connectivity index (χ2v) is 8.59. The Balaban J connectivity index is 1.47. The first kappa shape index (κ1) is 24.3. The Morgan fingerprint density at radius 3 is 2.11 bits per heavy atom. The van der Waals surface area contributed by atoms with Crippen LogP contribution in [0.5, 0.6) is 17.2 Å². The van der Waals surface area contributed by atoms with Gasteiger partial charge in [-0.25, -0.2) is 4.98 Å². The molecule has 4 aromatic rings. The van der Waals surface area contributed by atoms with E-state index < -0.39 is 6.10 Å². The van der Waals surface area contributed by atoms with Gasteiger partial charge in [-0.15, -0.1) is 11.3 Å². The van der Waals surface area contributed by atoms with Gasteiger partial charge in [-0.3, -0.25) is 4.79 Å². The molecule has 35 heavy (non-hydrogen) atoms. The van der Waals surface area contributed by atoms with Crippen LogP contribution in [0.4, 0.5) is 0 Å². The van der Waals surface area contributed by atoms with Gasteiger partial charge in [0.2, 0.25) is 5.75 Å². The molecule has 0 spiro atoms. The first-order valence-electron chi connectivity index (χ1n) is 11.0. The fraction of sp³-hybridized carbons (Fsp3) is 0.185. The van der Waals surface area contributed by atoms with Crippen molar-refractivity contribution in [1.29, 1.82) is 0 Å². The lowest BCUT2D eigenvalue weighted by Crippen LogP contribution is -2.35. The highest BCUT2D eigenvalue weighted by Gasteiger charge is 2.21. The van der Waals surface area contributed by atoms with Crippen LogP contribution < -0.4 is 19.5 Å². The van der Waals surface area contributed by atoms with Crippen molar-refractivity contribution < 1.29 is 24.1 Å². The maximum atomic E-state index is 13.1. The number of amides is 1. The molecule has 0 saturated heterocycles. The number of para-hydroxylation sites is 1. The van der Waals surface area contributed by atoms with Gasteiger partial charge in [-0.1, -0.05) is 66.7 Å². The van der Waals surface area contributed by atoms with Gasteiger partial charge in [0.05, 0.1) is 19.9 Å². The smallest absolute Gasteiger partial charge is 0.263 e. The predicted molar refractivity (Wildman–Crippen MR) is 136 cm³/mol. The van der Waals surface area contributed by atoms with Crippen molar-refractivity contribution in [2.24, 2.45) is 0 Å². The van der Waals surface area contributed by atoms with E-state index in [9.17, 15) is 9.90 Å². The van der Waals surface area contributed by atoms with E-state index in [1.165, 1.54) is 25.6 Å². The largest absolute Gasteiger partial charge is 0.493 e. The number of benzene rings is 3. The Bertz CT molecular complexity index is 1240. The molecular formula is C27H26N2O5S. The zero-order valence-corrected chi connectivity index (χ0v) is 20.2. The third-order valence-corrected chi connectivity index (χ3v) is 6.31. The number of thiazole rings is 1. The molecule has 0 aliphatic heterocycles. The Kier molecular flexibility index (Phi) is 7.97. The molecule has 0 fully saturated rings. The molecule has 8 heteroatoms. The molecule has 2 N–H and O–H groups in total. The topological polar surface area (TPSA) is 89.9 Å². The van der Waals surface area contributed by atoms with Gasteiger partial charge < -0.3 is 24.6 Å². The lowest BCUT2D eigenvalue weighted by molar-refractivity contribution is 0.0837. The van der Waals surface area contributed by atoms with E-state index in [1.807, 2.05) is 60.7 Å². The molecule has 0 saturated carbocycles. The Labute approximate surface area is 207 Å². The molecule has 1 atom stereocenters. The number of hydrogen-bond donors (Lipinski definition) is 2. The van der Waals surface area contributed by atoms with Crippen LogP contribution in [0.25, 0.3) is 21.8 Å². The van der Waals surface area contributed by atoms with E-state index >= 15 is 0 Å². The fourth-order valence-electron chi connectivity index (χ4n) is 3.46. The average Bonchev–Trinajstić information content (AvgIpc) is 3.37. The highest BCUT2D eigenvalue weighted by molar-refractivity contribution is 7.17. The molecule has 1 unspecified atom stereocenters. The number of aromatic nitrogens is 1. The molecule has 4 rings (SSSR count). The van der Waals surface area contributed by atoms with Crippen LogP contribution in [-0.2, 0) is 0 Å². The van der Waals surface area contributed by atoms with Gasteiger partial charge in [0, 0.05) is 17.7 Å². The molecule has 0 radical (unpaired) electrons. The normalized spacial score (nSPS) is 11.5. The van der Waals surface area contributed by atoms with E-state index in [-0.39, 0.29) is 19.1 Å². The zero-order valence-electron chi connectivity index (χ0n) is 19.4. The summed E-state index contributed by atoms with van der Waals surface area (Å²) in [5, 5.41) is 14.0. The van der Waals surface area contributed by atoms with Crippen molar-refractivity contribution in [3.05, 3.63) is 83.7 Å². The third-order valence-electron chi connectivity index (χ3n) is 5.20. The number of aliphatic hydroxyl groups excluding tert-OH is 1. The van der Waals surface area contributed by atoms with Crippen molar-refractivity contribution in [2.45, 2.75) is 6.10 Å². The molecule has 0 aliphatic carbocycles. The van der Waals surface area contributed by atoms with Crippen molar-refractivity contribution >= 4 is 17.2 Å². The highest BCUT2D eigenvalue weighted by atomic mass is 32.1. The van der Waals surface area contributed by atoms with Gasteiger partial charge in [0.15, 0.2) is 11.5 Å². The zero-order chi connectivity index (χ0) is 24.6. The summed E-state index contributed by atoms with van der Waals surface area (Å²) in [6, 6.07) is 24.6. The van der Waals surface area contributed by atoms with Crippen LogP contribution in [0.3, 0.4) is 0 Å². The molecule has 1 amide bonds. The van der Waals surface area contributed by atoms with Crippen LogP contribution in [0, 0.1) is 0 Å². The molecular weight excluding hydrogens is 464 g/mol. The molecule has 1 heterocycles. The lowest BCUT2D eigenvalue weighted by Gasteiger charge is -2.17. The number of nitrogens with zero attached hydrogens (tertiary/aromatic N) is 1. The summed E-state index contributed by atoms with van der Waals surface area (Å²) in [6.07, 6.45) is -0.949. The van der Waals surface area contributed by atoms with E-state index in [2.05, 4.69) is 5.32 Å². The summed E-state index contributed by atoms with van der Waals surface area (Å²) in [7, 11) is 3.06. The van der Waals surface area contributed by atoms with Crippen molar-refractivity contribution in [2.75, 3.05) is 27.4 Å².